The lowest BCUT2D eigenvalue weighted by molar-refractivity contribution is -0.307. The summed E-state index contributed by atoms with van der Waals surface area (Å²) < 4.78 is 0. The molecular weight excluding hydrogens is 162 g/mol. The number of hydroxylamine groups is 2. The molecule has 77 valence electrons. The summed E-state index contributed by atoms with van der Waals surface area (Å²) in [5.41, 5.74) is -0.420. The summed E-state index contributed by atoms with van der Waals surface area (Å²) >= 11 is 0. The van der Waals surface area contributed by atoms with Crippen LogP contribution in [0.25, 0.3) is 0 Å². The van der Waals surface area contributed by atoms with Crippen molar-refractivity contribution in [2.24, 2.45) is 11.8 Å². The lowest BCUT2D eigenvalue weighted by atomic mass is 9.69. The average Bonchev–Trinajstić information content (AvgIpc) is 1.98. The van der Waals surface area contributed by atoms with Crippen molar-refractivity contribution in [2.45, 2.75) is 59.0 Å². The van der Waals surface area contributed by atoms with Gasteiger partial charge >= 0.3 is 0 Å². The number of nitrogens with zero attached hydrogens (tertiary/aromatic N) is 1. The van der Waals surface area contributed by atoms with Gasteiger partial charge in [-0.25, -0.2) is 0 Å². The summed E-state index contributed by atoms with van der Waals surface area (Å²) in [6.45, 7) is 12.6. The van der Waals surface area contributed by atoms with Crippen LogP contribution in [0.1, 0.15) is 48.0 Å². The van der Waals surface area contributed by atoms with Gasteiger partial charge in [-0.1, -0.05) is 13.8 Å². The monoisotopic (exact) mass is 184 g/mol. The predicted molar refractivity (Wildman–Crippen MR) is 53.6 cm³/mol. The Morgan fingerprint density at radius 2 is 1.62 bits per heavy atom. The Bertz CT molecular complexity index is 198. The number of rotatable bonds is 0. The first-order valence-electron chi connectivity index (χ1n) is 5.17. The molecule has 0 aromatic rings. The minimum atomic E-state index is -0.221. The average molecular weight is 184 g/mol. The first-order chi connectivity index (χ1) is 5.69. The molecule has 1 aliphatic heterocycles. The van der Waals surface area contributed by atoms with Crippen LogP contribution in [-0.2, 0) is 5.21 Å². The van der Waals surface area contributed by atoms with E-state index in [1.807, 2.05) is 13.8 Å². The van der Waals surface area contributed by atoms with E-state index < -0.39 is 0 Å². The Hall–Kier alpha value is -0.0800. The standard InChI is InChI=1S/C11H22NO/c1-8-7-10(3,4)12(13)11(5,6)9(8)2/h8-9H,7H2,1-6H3. The van der Waals surface area contributed by atoms with Crippen LogP contribution in [0.15, 0.2) is 0 Å². The molecule has 0 aromatic heterocycles. The summed E-state index contributed by atoms with van der Waals surface area (Å²) in [6, 6.07) is 0. The highest BCUT2D eigenvalue weighted by molar-refractivity contribution is 4.98. The van der Waals surface area contributed by atoms with E-state index in [0.717, 1.165) is 6.42 Å². The van der Waals surface area contributed by atoms with Gasteiger partial charge in [0.05, 0.1) is 0 Å². The maximum Gasteiger partial charge on any atom is 0.0471 e. The van der Waals surface area contributed by atoms with E-state index >= 15 is 0 Å². The number of hydrogen-bond acceptors (Lipinski definition) is 1. The lowest BCUT2D eigenvalue weighted by Gasteiger charge is -2.53. The molecule has 1 aliphatic rings. The molecule has 2 heteroatoms. The predicted octanol–water partition coefficient (Wildman–Crippen LogP) is 2.87. The fourth-order valence-corrected chi connectivity index (χ4v) is 2.71. The Labute approximate surface area is 81.9 Å². The van der Waals surface area contributed by atoms with E-state index in [2.05, 4.69) is 27.7 Å². The van der Waals surface area contributed by atoms with Crippen molar-refractivity contribution in [1.29, 1.82) is 0 Å². The third-order valence-corrected chi connectivity index (χ3v) is 3.86. The summed E-state index contributed by atoms with van der Waals surface area (Å²) in [7, 11) is 0. The van der Waals surface area contributed by atoms with Gasteiger partial charge in [0.15, 0.2) is 0 Å². The fourth-order valence-electron chi connectivity index (χ4n) is 2.71. The van der Waals surface area contributed by atoms with E-state index in [0.29, 0.717) is 11.8 Å². The second kappa shape index (κ2) is 2.96. The molecule has 0 aliphatic carbocycles. The zero-order valence-corrected chi connectivity index (χ0v) is 9.72. The molecular formula is C11H22NO. The highest BCUT2D eigenvalue weighted by Crippen LogP contribution is 2.43. The topological polar surface area (TPSA) is 23.1 Å². The SMILES string of the molecule is CC1CC(C)(C)N([O])C(C)(C)C1C. The van der Waals surface area contributed by atoms with Gasteiger partial charge in [0.1, 0.15) is 0 Å². The third kappa shape index (κ3) is 1.62. The van der Waals surface area contributed by atoms with Crippen LogP contribution in [0.2, 0.25) is 0 Å². The largest absolute Gasteiger partial charge is 0.144 e. The Kier molecular flexibility index (Phi) is 2.50. The molecule has 2 nitrogen and oxygen atoms in total. The van der Waals surface area contributed by atoms with Gasteiger partial charge in [0, 0.05) is 11.1 Å². The van der Waals surface area contributed by atoms with E-state index in [4.69, 9.17) is 0 Å². The van der Waals surface area contributed by atoms with Gasteiger partial charge in [-0.2, -0.15) is 0 Å². The summed E-state index contributed by atoms with van der Waals surface area (Å²) in [6.07, 6.45) is 1.00. The molecule has 2 unspecified atom stereocenters. The quantitative estimate of drug-likeness (QED) is 0.567. The van der Waals surface area contributed by atoms with Crippen molar-refractivity contribution >= 4 is 0 Å². The van der Waals surface area contributed by atoms with Crippen LogP contribution >= 0.6 is 0 Å². The fraction of sp³-hybridized carbons (Fsp3) is 1.00. The van der Waals surface area contributed by atoms with Gasteiger partial charge in [-0.05, 0) is 46.0 Å². The molecule has 0 saturated carbocycles. The van der Waals surface area contributed by atoms with Crippen LogP contribution in [0.4, 0.5) is 0 Å². The van der Waals surface area contributed by atoms with E-state index in [9.17, 15) is 5.21 Å². The van der Waals surface area contributed by atoms with Gasteiger partial charge in [-0.3, -0.25) is 0 Å². The first kappa shape index (κ1) is 11.0. The Morgan fingerprint density at radius 3 is 2.08 bits per heavy atom. The molecule has 0 spiro atoms. The minimum Gasteiger partial charge on any atom is -0.144 e. The molecule has 0 N–H and O–H groups in total. The molecule has 13 heavy (non-hydrogen) atoms. The van der Waals surface area contributed by atoms with Crippen LogP contribution in [0.5, 0.6) is 0 Å². The summed E-state index contributed by atoms with van der Waals surface area (Å²) in [5, 5.41) is 13.3. The maximum absolute atomic E-state index is 12.0. The van der Waals surface area contributed by atoms with E-state index in [1.165, 1.54) is 5.06 Å². The zero-order chi connectivity index (χ0) is 10.4. The molecule has 0 bridgehead atoms. The molecule has 1 heterocycles. The molecule has 0 amide bonds. The molecule has 1 rings (SSSR count). The molecule has 1 fully saturated rings. The van der Waals surface area contributed by atoms with Crippen LogP contribution < -0.4 is 0 Å². The van der Waals surface area contributed by atoms with Crippen molar-refractivity contribution in [2.75, 3.05) is 0 Å². The van der Waals surface area contributed by atoms with Crippen molar-refractivity contribution < 1.29 is 5.21 Å². The number of piperidine rings is 1. The van der Waals surface area contributed by atoms with Gasteiger partial charge in [0.2, 0.25) is 0 Å². The van der Waals surface area contributed by atoms with Crippen molar-refractivity contribution in [3.63, 3.8) is 0 Å². The normalized spacial score (nSPS) is 39.0. The van der Waals surface area contributed by atoms with Crippen LogP contribution in [0.3, 0.4) is 0 Å². The highest BCUT2D eigenvalue weighted by Gasteiger charge is 2.49. The summed E-state index contributed by atoms with van der Waals surface area (Å²) in [4.78, 5) is 0. The van der Waals surface area contributed by atoms with Crippen LogP contribution in [0, 0.1) is 11.8 Å². The Morgan fingerprint density at radius 1 is 1.15 bits per heavy atom. The van der Waals surface area contributed by atoms with Gasteiger partial charge < -0.3 is 0 Å². The molecule has 0 aromatic carbocycles. The first-order valence-corrected chi connectivity index (χ1v) is 5.17. The maximum atomic E-state index is 12.0. The second-order valence-corrected chi connectivity index (χ2v) is 5.73. The number of hydrogen-bond donors (Lipinski definition) is 0. The molecule has 2 atom stereocenters. The van der Waals surface area contributed by atoms with Crippen molar-refractivity contribution in [1.82, 2.24) is 5.06 Å². The Balaban J connectivity index is 2.96. The molecule has 1 saturated heterocycles. The highest BCUT2D eigenvalue weighted by atomic mass is 16.5. The third-order valence-electron chi connectivity index (χ3n) is 3.86. The minimum absolute atomic E-state index is 0.199. The van der Waals surface area contributed by atoms with Crippen molar-refractivity contribution in [3.05, 3.63) is 0 Å². The van der Waals surface area contributed by atoms with Crippen LogP contribution in [-0.4, -0.2) is 16.1 Å². The molecule has 1 radical (unpaired) electrons. The lowest BCUT2D eigenvalue weighted by Crippen LogP contribution is -2.61. The van der Waals surface area contributed by atoms with Gasteiger partial charge in [-0.15, -0.1) is 10.3 Å². The van der Waals surface area contributed by atoms with E-state index in [1.54, 1.807) is 0 Å². The second-order valence-electron chi connectivity index (χ2n) is 5.73. The summed E-state index contributed by atoms with van der Waals surface area (Å²) in [5.74, 6) is 1.10. The zero-order valence-electron chi connectivity index (χ0n) is 9.72. The van der Waals surface area contributed by atoms with E-state index in [-0.39, 0.29) is 11.1 Å². The van der Waals surface area contributed by atoms with Gasteiger partial charge in [0.25, 0.3) is 0 Å². The van der Waals surface area contributed by atoms with Crippen molar-refractivity contribution in [3.8, 4) is 0 Å². The smallest absolute Gasteiger partial charge is 0.0471 e.